The highest BCUT2D eigenvalue weighted by atomic mass is 35.5. The lowest BCUT2D eigenvalue weighted by atomic mass is 10.1. The van der Waals surface area contributed by atoms with Gasteiger partial charge in [-0.3, -0.25) is 0 Å². The van der Waals surface area contributed by atoms with Crippen LogP contribution < -0.4 is 0 Å². The molecule has 1 aliphatic rings. The zero-order valence-electron chi connectivity index (χ0n) is 5.91. The van der Waals surface area contributed by atoms with Gasteiger partial charge in [0.1, 0.15) is 0 Å². The fourth-order valence-corrected chi connectivity index (χ4v) is 1.34. The van der Waals surface area contributed by atoms with Crippen LogP contribution in [-0.2, 0) is 16.1 Å². The van der Waals surface area contributed by atoms with Crippen molar-refractivity contribution in [2.24, 2.45) is 0 Å². The summed E-state index contributed by atoms with van der Waals surface area (Å²) in [5, 5.41) is 8.80. The van der Waals surface area contributed by atoms with Crippen LogP contribution in [0.2, 0.25) is 0 Å². The van der Waals surface area contributed by atoms with E-state index in [4.69, 9.17) is 16.7 Å². The van der Waals surface area contributed by atoms with Crippen molar-refractivity contribution in [3.05, 3.63) is 22.8 Å². The summed E-state index contributed by atoms with van der Waals surface area (Å²) in [6.45, 7) is 0. The summed E-state index contributed by atoms with van der Waals surface area (Å²) in [7, 11) is 0. The van der Waals surface area contributed by atoms with Gasteiger partial charge in [-0.1, -0.05) is 17.7 Å². The van der Waals surface area contributed by atoms with Gasteiger partial charge in [0, 0.05) is 11.3 Å². The number of carboxylic acid groups (broad SMARTS) is 1. The number of allylic oxidation sites excluding steroid dienone is 2. The molecule has 0 aromatic heterocycles. The summed E-state index contributed by atoms with van der Waals surface area (Å²) in [6, 6.07) is 0. The van der Waals surface area contributed by atoms with E-state index in [0.29, 0.717) is 22.5 Å². The number of hydrogen-bond acceptors (Lipinski definition) is 2. The van der Waals surface area contributed by atoms with E-state index in [2.05, 4.69) is 0 Å². The van der Waals surface area contributed by atoms with Crippen molar-refractivity contribution in [3.8, 4) is 0 Å². The average molecular weight is 205 g/mol. The Balaban J connectivity index is 3.10. The van der Waals surface area contributed by atoms with Gasteiger partial charge in [0.05, 0.1) is 21.9 Å². The fraction of sp³-hybridized carbons (Fsp3) is 0.143. The molecular formula is C7H5ClO3S. The molecule has 0 spiro atoms. The molecule has 0 radical (unpaired) electrons. The zero-order chi connectivity index (χ0) is 9.14. The van der Waals surface area contributed by atoms with Crippen molar-refractivity contribution in [2.75, 3.05) is 0 Å². The van der Waals surface area contributed by atoms with Crippen molar-refractivity contribution < 1.29 is 14.1 Å². The number of carbonyl (C=O) groups is 1. The molecule has 0 bridgehead atoms. The maximum atomic E-state index is 10.5. The summed E-state index contributed by atoms with van der Waals surface area (Å²) in [5.74, 6) is -1.11. The average Bonchev–Trinajstić information content (AvgIpc) is 2.05. The lowest BCUT2D eigenvalue weighted by molar-refractivity contribution is -0.132. The SMILES string of the molecule is O=S=C1C=C(C(=O)O)C(Cl)=CC1. The Morgan fingerprint density at radius 1 is 1.67 bits per heavy atom. The first kappa shape index (κ1) is 9.22. The normalized spacial score (nSPS) is 16.6. The van der Waals surface area contributed by atoms with E-state index in [1.165, 1.54) is 12.2 Å². The molecule has 5 heteroatoms. The molecular weight excluding hydrogens is 200 g/mol. The van der Waals surface area contributed by atoms with Gasteiger partial charge < -0.3 is 5.11 Å². The molecule has 1 N–H and O–H groups in total. The molecule has 0 saturated carbocycles. The van der Waals surface area contributed by atoms with Crippen molar-refractivity contribution in [1.82, 2.24) is 0 Å². The highest BCUT2D eigenvalue weighted by molar-refractivity contribution is 7.67. The van der Waals surface area contributed by atoms with Crippen LogP contribution in [0.25, 0.3) is 0 Å². The summed E-state index contributed by atoms with van der Waals surface area (Å²) in [4.78, 5) is 11.0. The second-order valence-corrected chi connectivity index (χ2v) is 3.27. The van der Waals surface area contributed by atoms with E-state index in [9.17, 15) is 9.00 Å². The molecule has 0 amide bonds. The maximum Gasteiger partial charge on any atom is 0.337 e. The van der Waals surface area contributed by atoms with Crippen LogP contribution >= 0.6 is 11.6 Å². The van der Waals surface area contributed by atoms with Crippen LogP contribution in [0.5, 0.6) is 0 Å². The molecule has 1 aliphatic carbocycles. The highest BCUT2D eigenvalue weighted by Gasteiger charge is 2.15. The predicted octanol–water partition coefficient (Wildman–Crippen LogP) is 0.909. The minimum Gasteiger partial charge on any atom is -0.478 e. The molecule has 0 unspecified atom stereocenters. The van der Waals surface area contributed by atoms with Gasteiger partial charge in [-0.05, 0) is 6.08 Å². The third-order valence-corrected chi connectivity index (χ3v) is 2.24. The first-order valence-corrected chi connectivity index (χ1v) is 4.23. The molecule has 0 saturated heterocycles. The highest BCUT2D eigenvalue weighted by Crippen LogP contribution is 2.20. The monoisotopic (exact) mass is 204 g/mol. The second kappa shape index (κ2) is 3.69. The smallest absolute Gasteiger partial charge is 0.337 e. The molecule has 0 atom stereocenters. The van der Waals surface area contributed by atoms with Crippen molar-refractivity contribution in [1.29, 1.82) is 0 Å². The first-order valence-electron chi connectivity index (χ1n) is 3.12. The van der Waals surface area contributed by atoms with E-state index in [1.807, 2.05) is 0 Å². The number of aliphatic carboxylic acids is 1. The lowest BCUT2D eigenvalue weighted by Gasteiger charge is -2.05. The minimum absolute atomic E-state index is 0.0127. The Hall–Kier alpha value is -0.870. The van der Waals surface area contributed by atoms with E-state index in [-0.39, 0.29) is 10.6 Å². The van der Waals surface area contributed by atoms with Gasteiger partial charge in [-0.2, -0.15) is 0 Å². The number of carboxylic acids is 1. The summed E-state index contributed by atoms with van der Waals surface area (Å²) in [5.41, 5.74) is -0.0127. The molecule has 0 aromatic carbocycles. The van der Waals surface area contributed by atoms with Crippen LogP contribution in [0.3, 0.4) is 0 Å². The van der Waals surface area contributed by atoms with Gasteiger partial charge in [0.15, 0.2) is 0 Å². The Kier molecular flexibility index (Phi) is 2.83. The molecule has 1 rings (SSSR count). The van der Waals surface area contributed by atoms with Gasteiger partial charge in [-0.15, -0.1) is 0 Å². The van der Waals surface area contributed by atoms with Crippen LogP contribution in [0.4, 0.5) is 0 Å². The molecule has 0 heterocycles. The minimum atomic E-state index is -1.11. The summed E-state index contributed by atoms with van der Waals surface area (Å²) in [6.07, 6.45) is 3.25. The predicted molar refractivity (Wildman–Crippen MR) is 47.4 cm³/mol. The topological polar surface area (TPSA) is 54.4 Å². The molecule has 64 valence electrons. The van der Waals surface area contributed by atoms with Crippen LogP contribution in [0.15, 0.2) is 22.8 Å². The summed E-state index contributed by atoms with van der Waals surface area (Å²) < 4.78 is 10.3. The fourth-order valence-electron chi connectivity index (χ4n) is 0.811. The Morgan fingerprint density at radius 2 is 2.33 bits per heavy atom. The second-order valence-electron chi connectivity index (χ2n) is 2.17. The molecule has 0 fully saturated rings. The van der Waals surface area contributed by atoms with Crippen molar-refractivity contribution >= 4 is 33.7 Å². The molecule has 3 nitrogen and oxygen atoms in total. The van der Waals surface area contributed by atoms with E-state index in [1.54, 1.807) is 0 Å². The molecule has 0 aromatic rings. The zero-order valence-corrected chi connectivity index (χ0v) is 7.48. The summed E-state index contributed by atoms with van der Waals surface area (Å²) >= 11 is 5.88. The molecule has 0 aliphatic heterocycles. The maximum absolute atomic E-state index is 10.5. The largest absolute Gasteiger partial charge is 0.478 e. The van der Waals surface area contributed by atoms with Gasteiger partial charge in [0.25, 0.3) is 0 Å². The molecule has 12 heavy (non-hydrogen) atoms. The van der Waals surface area contributed by atoms with E-state index < -0.39 is 5.97 Å². The van der Waals surface area contributed by atoms with Crippen LogP contribution in [0, 0.1) is 0 Å². The lowest BCUT2D eigenvalue weighted by Crippen LogP contribution is -2.08. The Bertz CT molecular complexity index is 337. The number of rotatable bonds is 1. The van der Waals surface area contributed by atoms with Crippen molar-refractivity contribution in [3.63, 3.8) is 0 Å². The first-order chi connectivity index (χ1) is 5.65. The quantitative estimate of drug-likeness (QED) is 0.646. The Morgan fingerprint density at radius 3 is 2.83 bits per heavy atom. The Labute approximate surface area is 77.4 Å². The van der Waals surface area contributed by atoms with Gasteiger partial charge in [0.2, 0.25) is 0 Å². The van der Waals surface area contributed by atoms with Gasteiger partial charge >= 0.3 is 5.97 Å². The van der Waals surface area contributed by atoms with Gasteiger partial charge in [-0.25, -0.2) is 9.00 Å². The number of halogens is 1. The third kappa shape index (κ3) is 1.84. The van der Waals surface area contributed by atoms with E-state index >= 15 is 0 Å². The number of hydrogen-bond donors (Lipinski definition) is 1. The van der Waals surface area contributed by atoms with Crippen molar-refractivity contribution in [2.45, 2.75) is 6.42 Å². The van der Waals surface area contributed by atoms with Crippen LogP contribution in [0.1, 0.15) is 6.42 Å². The van der Waals surface area contributed by atoms with E-state index in [0.717, 1.165) is 0 Å². The standard InChI is InChI=1S/C7H5ClO3S/c8-6-2-1-4(12-11)3-5(6)7(9)10/h2-3H,1H2,(H,9,10). The third-order valence-electron chi connectivity index (χ3n) is 1.38. The van der Waals surface area contributed by atoms with Crippen LogP contribution in [-0.4, -0.2) is 20.1 Å².